The molecule has 2 aromatic rings. The van der Waals surface area contributed by atoms with E-state index in [4.69, 9.17) is 5.73 Å². The molecule has 106 valence electrons. The van der Waals surface area contributed by atoms with Gasteiger partial charge < -0.3 is 10.8 Å². The first-order valence-corrected chi connectivity index (χ1v) is 7.68. The van der Waals surface area contributed by atoms with Gasteiger partial charge in [0.2, 0.25) is 0 Å². The number of nitrogen functional groups attached to an aromatic ring is 1. The van der Waals surface area contributed by atoms with Gasteiger partial charge in [-0.3, -0.25) is 4.90 Å². The fourth-order valence-corrected chi connectivity index (χ4v) is 3.50. The Labute approximate surface area is 122 Å². The second kappa shape index (κ2) is 5.52. The summed E-state index contributed by atoms with van der Waals surface area (Å²) in [7, 11) is 0. The molecule has 0 bridgehead atoms. The Bertz CT molecular complexity index is 562. The van der Waals surface area contributed by atoms with Crippen molar-refractivity contribution in [1.29, 1.82) is 0 Å². The molecule has 20 heavy (non-hydrogen) atoms. The van der Waals surface area contributed by atoms with Crippen molar-refractivity contribution in [1.82, 2.24) is 9.88 Å². The lowest BCUT2D eigenvalue weighted by Crippen LogP contribution is -2.41. The molecular formula is C15H19N3OS. The van der Waals surface area contributed by atoms with E-state index in [1.165, 1.54) is 16.9 Å². The van der Waals surface area contributed by atoms with Gasteiger partial charge in [0.1, 0.15) is 5.60 Å². The van der Waals surface area contributed by atoms with Gasteiger partial charge in [-0.1, -0.05) is 41.7 Å². The smallest absolute Gasteiger partial charge is 0.180 e. The third kappa shape index (κ3) is 2.85. The number of piperidine rings is 1. The summed E-state index contributed by atoms with van der Waals surface area (Å²) in [5, 5.41) is 11.3. The van der Waals surface area contributed by atoms with Crippen LogP contribution in [0.2, 0.25) is 0 Å². The summed E-state index contributed by atoms with van der Waals surface area (Å²) in [6, 6.07) is 10.5. The largest absolute Gasteiger partial charge is 0.384 e. The van der Waals surface area contributed by atoms with Crippen LogP contribution in [0.25, 0.3) is 0 Å². The van der Waals surface area contributed by atoms with Gasteiger partial charge in [-0.05, 0) is 18.4 Å². The molecule has 1 fully saturated rings. The summed E-state index contributed by atoms with van der Waals surface area (Å²) >= 11 is 1.40. The summed E-state index contributed by atoms with van der Waals surface area (Å²) < 4.78 is 0. The van der Waals surface area contributed by atoms with E-state index < -0.39 is 5.60 Å². The molecule has 1 aliphatic rings. The quantitative estimate of drug-likeness (QED) is 0.909. The number of thiazole rings is 1. The average Bonchev–Trinajstić information content (AvgIpc) is 2.90. The molecule has 5 heteroatoms. The van der Waals surface area contributed by atoms with E-state index in [2.05, 4.69) is 34.1 Å². The first-order chi connectivity index (χ1) is 9.66. The fourth-order valence-electron chi connectivity index (χ4n) is 2.67. The van der Waals surface area contributed by atoms with Gasteiger partial charge in [0.25, 0.3) is 0 Å². The van der Waals surface area contributed by atoms with E-state index in [1.807, 2.05) is 6.07 Å². The van der Waals surface area contributed by atoms with E-state index in [-0.39, 0.29) is 0 Å². The minimum atomic E-state index is -0.748. The normalized spacial score (nSPS) is 19.1. The number of anilines is 1. The van der Waals surface area contributed by atoms with Crippen LogP contribution in [0, 0.1) is 0 Å². The van der Waals surface area contributed by atoms with Crippen LogP contribution in [-0.4, -0.2) is 28.1 Å². The Morgan fingerprint density at radius 1 is 1.25 bits per heavy atom. The van der Waals surface area contributed by atoms with Gasteiger partial charge in [0.15, 0.2) is 5.13 Å². The van der Waals surface area contributed by atoms with Crippen molar-refractivity contribution in [2.75, 3.05) is 18.8 Å². The highest BCUT2D eigenvalue weighted by Gasteiger charge is 2.35. The Kier molecular flexibility index (Phi) is 3.74. The second-order valence-electron chi connectivity index (χ2n) is 5.36. The van der Waals surface area contributed by atoms with E-state index in [1.54, 1.807) is 6.20 Å². The van der Waals surface area contributed by atoms with Gasteiger partial charge >= 0.3 is 0 Å². The Hall–Kier alpha value is -1.43. The monoisotopic (exact) mass is 289 g/mol. The number of hydrogen-bond acceptors (Lipinski definition) is 5. The molecule has 0 spiro atoms. The van der Waals surface area contributed by atoms with Gasteiger partial charge in [-0.15, -0.1) is 0 Å². The van der Waals surface area contributed by atoms with Crippen LogP contribution in [0.4, 0.5) is 5.13 Å². The van der Waals surface area contributed by atoms with E-state index in [0.717, 1.165) is 37.4 Å². The van der Waals surface area contributed by atoms with Crippen LogP contribution >= 0.6 is 11.3 Å². The van der Waals surface area contributed by atoms with Crippen molar-refractivity contribution in [2.24, 2.45) is 0 Å². The zero-order valence-corrected chi connectivity index (χ0v) is 12.1. The summed E-state index contributed by atoms with van der Waals surface area (Å²) in [5.41, 5.74) is 6.23. The summed E-state index contributed by atoms with van der Waals surface area (Å²) in [6.07, 6.45) is 3.19. The molecule has 1 aromatic carbocycles. The third-order valence-corrected chi connectivity index (χ3v) is 4.93. The van der Waals surface area contributed by atoms with Gasteiger partial charge in [0.05, 0.1) is 4.88 Å². The first kappa shape index (κ1) is 13.5. The zero-order valence-electron chi connectivity index (χ0n) is 11.3. The number of benzene rings is 1. The van der Waals surface area contributed by atoms with E-state index >= 15 is 0 Å². The number of hydrogen-bond donors (Lipinski definition) is 2. The molecule has 0 saturated carbocycles. The van der Waals surface area contributed by atoms with Crippen LogP contribution in [0.15, 0.2) is 36.5 Å². The Morgan fingerprint density at radius 2 is 1.95 bits per heavy atom. The minimum absolute atomic E-state index is 0.528. The number of aliphatic hydroxyl groups is 1. The third-order valence-electron chi connectivity index (χ3n) is 3.91. The number of aromatic nitrogens is 1. The van der Waals surface area contributed by atoms with Gasteiger partial charge in [-0.25, -0.2) is 4.98 Å². The molecule has 0 unspecified atom stereocenters. The summed E-state index contributed by atoms with van der Waals surface area (Å²) in [5.74, 6) is 0. The van der Waals surface area contributed by atoms with Crippen molar-refractivity contribution < 1.29 is 5.11 Å². The molecule has 0 amide bonds. The summed E-state index contributed by atoms with van der Waals surface area (Å²) in [6.45, 7) is 2.73. The lowest BCUT2D eigenvalue weighted by Gasteiger charge is -2.37. The Balaban J connectivity index is 1.62. The Morgan fingerprint density at radius 3 is 2.55 bits per heavy atom. The second-order valence-corrected chi connectivity index (χ2v) is 6.42. The molecule has 3 rings (SSSR count). The standard InChI is InChI=1S/C15H19N3OS/c16-14-17-10-13(20-14)15(19)6-8-18(9-7-15)11-12-4-2-1-3-5-12/h1-5,10,19H,6-9,11H2,(H2,16,17). The number of likely N-dealkylation sites (tertiary alicyclic amines) is 1. The molecule has 1 aromatic heterocycles. The molecule has 3 N–H and O–H groups in total. The maximum absolute atomic E-state index is 10.7. The molecule has 4 nitrogen and oxygen atoms in total. The first-order valence-electron chi connectivity index (χ1n) is 6.86. The number of rotatable bonds is 3. The van der Waals surface area contributed by atoms with Gasteiger partial charge in [-0.2, -0.15) is 0 Å². The van der Waals surface area contributed by atoms with E-state index in [0.29, 0.717) is 5.13 Å². The van der Waals surface area contributed by atoms with Crippen molar-refractivity contribution in [3.63, 3.8) is 0 Å². The minimum Gasteiger partial charge on any atom is -0.384 e. The van der Waals surface area contributed by atoms with Crippen molar-refractivity contribution in [3.8, 4) is 0 Å². The highest BCUT2D eigenvalue weighted by atomic mass is 32.1. The van der Waals surface area contributed by atoms with Crippen molar-refractivity contribution in [3.05, 3.63) is 47.0 Å². The van der Waals surface area contributed by atoms with Crippen LogP contribution < -0.4 is 5.73 Å². The average molecular weight is 289 g/mol. The topological polar surface area (TPSA) is 62.4 Å². The highest BCUT2D eigenvalue weighted by molar-refractivity contribution is 7.15. The maximum atomic E-state index is 10.7. The van der Waals surface area contributed by atoms with Crippen LogP contribution in [0.5, 0.6) is 0 Å². The lowest BCUT2D eigenvalue weighted by atomic mass is 9.90. The van der Waals surface area contributed by atoms with Crippen LogP contribution in [-0.2, 0) is 12.1 Å². The summed E-state index contributed by atoms with van der Waals surface area (Å²) in [4.78, 5) is 7.33. The predicted octanol–water partition coefficient (Wildman–Crippen LogP) is 2.21. The van der Waals surface area contributed by atoms with Crippen LogP contribution in [0.3, 0.4) is 0 Å². The lowest BCUT2D eigenvalue weighted by molar-refractivity contribution is -0.0249. The molecule has 0 radical (unpaired) electrons. The molecular weight excluding hydrogens is 270 g/mol. The van der Waals surface area contributed by atoms with Gasteiger partial charge in [0, 0.05) is 25.8 Å². The highest BCUT2D eigenvalue weighted by Crippen LogP contribution is 2.36. The van der Waals surface area contributed by atoms with E-state index in [9.17, 15) is 5.11 Å². The molecule has 0 aliphatic carbocycles. The zero-order chi connectivity index (χ0) is 14.0. The van der Waals surface area contributed by atoms with Crippen LogP contribution in [0.1, 0.15) is 23.3 Å². The number of nitrogens with two attached hydrogens (primary N) is 1. The number of nitrogens with zero attached hydrogens (tertiary/aromatic N) is 2. The maximum Gasteiger partial charge on any atom is 0.180 e. The fraction of sp³-hybridized carbons (Fsp3) is 0.400. The SMILES string of the molecule is Nc1ncc(C2(O)CCN(Cc3ccccc3)CC2)s1. The molecule has 2 heterocycles. The van der Waals surface area contributed by atoms with Crippen molar-refractivity contribution >= 4 is 16.5 Å². The predicted molar refractivity (Wildman–Crippen MR) is 81.4 cm³/mol. The molecule has 1 aliphatic heterocycles. The molecule has 1 saturated heterocycles. The molecule has 0 atom stereocenters. The van der Waals surface area contributed by atoms with Crippen molar-refractivity contribution in [2.45, 2.75) is 25.0 Å².